The Morgan fingerprint density at radius 2 is 2.04 bits per heavy atom. The van der Waals surface area contributed by atoms with E-state index in [0.29, 0.717) is 17.1 Å². The van der Waals surface area contributed by atoms with Gasteiger partial charge in [-0.1, -0.05) is 0 Å². The van der Waals surface area contributed by atoms with Crippen LogP contribution in [-0.2, 0) is 4.79 Å². The van der Waals surface area contributed by atoms with Gasteiger partial charge in [-0.2, -0.15) is 18.3 Å². The van der Waals surface area contributed by atoms with E-state index in [9.17, 15) is 22.4 Å². The largest absolute Gasteiger partial charge is 0.389 e. The van der Waals surface area contributed by atoms with Crippen LogP contribution in [0.15, 0.2) is 24.7 Å². The fraction of sp³-hybridized carbons (Fsp3) is 0.357. The zero-order valence-corrected chi connectivity index (χ0v) is 12.4. The molecule has 0 aliphatic carbocycles. The van der Waals surface area contributed by atoms with E-state index in [4.69, 9.17) is 0 Å². The van der Waals surface area contributed by atoms with E-state index in [2.05, 4.69) is 10.1 Å². The number of aryl methyl sites for hydroxylation is 1. The van der Waals surface area contributed by atoms with E-state index in [0.717, 1.165) is 11.1 Å². The molecule has 5 nitrogen and oxygen atoms in total. The number of anilines is 1. The Morgan fingerprint density at radius 3 is 2.65 bits per heavy atom. The summed E-state index contributed by atoms with van der Waals surface area (Å²) >= 11 is 0. The molecule has 0 atom stereocenters. The summed E-state index contributed by atoms with van der Waals surface area (Å²) in [7, 11) is 1.37. The summed E-state index contributed by atoms with van der Waals surface area (Å²) < 4.78 is 51.1. The molecule has 0 unspecified atom stereocenters. The summed E-state index contributed by atoms with van der Waals surface area (Å²) in [5.41, 5.74) is 1.12. The Kier molecular flexibility index (Phi) is 4.67. The van der Waals surface area contributed by atoms with Crippen LogP contribution >= 0.6 is 0 Å². The lowest BCUT2D eigenvalue weighted by atomic mass is 10.2. The number of rotatable bonds is 4. The number of amides is 1. The van der Waals surface area contributed by atoms with Gasteiger partial charge in [-0.05, 0) is 6.92 Å². The quantitative estimate of drug-likeness (QED) is 0.810. The smallest absolute Gasteiger partial charge is 0.312 e. The second-order valence-electron chi connectivity index (χ2n) is 4.97. The molecule has 0 aromatic carbocycles. The van der Waals surface area contributed by atoms with Gasteiger partial charge in [0.1, 0.15) is 5.82 Å². The molecule has 0 saturated heterocycles. The number of aromatic nitrogens is 3. The van der Waals surface area contributed by atoms with Crippen LogP contribution in [-0.4, -0.2) is 33.9 Å². The zero-order valence-electron chi connectivity index (χ0n) is 12.4. The minimum absolute atomic E-state index is 0.343. The molecule has 2 rings (SSSR count). The first kappa shape index (κ1) is 16.9. The minimum atomic E-state index is -4.39. The van der Waals surface area contributed by atoms with Crippen molar-refractivity contribution >= 4 is 11.6 Å². The predicted molar refractivity (Wildman–Crippen MR) is 74.8 cm³/mol. The normalized spacial score (nSPS) is 11.6. The van der Waals surface area contributed by atoms with Crippen molar-refractivity contribution < 1.29 is 22.4 Å². The van der Waals surface area contributed by atoms with Crippen LogP contribution in [0, 0.1) is 12.7 Å². The van der Waals surface area contributed by atoms with Crippen molar-refractivity contribution in [3.05, 3.63) is 36.2 Å². The Labute approximate surface area is 129 Å². The van der Waals surface area contributed by atoms with Crippen LogP contribution < -0.4 is 4.90 Å². The molecule has 9 heteroatoms. The molecule has 124 valence electrons. The lowest BCUT2D eigenvalue weighted by Crippen LogP contribution is -2.27. The van der Waals surface area contributed by atoms with E-state index in [-0.39, 0.29) is 0 Å². The molecule has 2 aromatic heterocycles. The number of halogens is 4. The van der Waals surface area contributed by atoms with E-state index >= 15 is 0 Å². The summed E-state index contributed by atoms with van der Waals surface area (Å²) in [6, 6.07) is 1.20. The first-order valence-corrected chi connectivity index (χ1v) is 6.68. The van der Waals surface area contributed by atoms with Gasteiger partial charge in [0.15, 0.2) is 0 Å². The van der Waals surface area contributed by atoms with E-state index in [1.807, 2.05) is 0 Å². The van der Waals surface area contributed by atoms with Crippen LogP contribution in [0.1, 0.15) is 18.5 Å². The standard InChI is InChI=1S/C14H14F4N4O/c1-9-12(21(2)13(23)3-4-14(16,17)18)8-22(20-9)11-5-10(15)6-19-7-11/h5-8H,3-4H2,1-2H3. The highest BCUT2D eigenvalue weighted by molar-refractivity contribution is 5.93. The minimum Gasteiger partial charge on any atom is -0.312 e. The molecule has 2 heterocycles. The van der Waals surface area contributed by atoms with Crippen LogP contribution in [0.2, 0.25) is 0 Å². The van der Waals surface area contributed by atoms with Crippen molar-refractivity contribution in [3.8, 4) is 5.69 Å². The third-order valence-electron chi connectivity index (χ3n) is 3.19. The fourth-order valence-electron chi connectivity index (χ4n) is 1.99. The maximum Gasteiger partial charge on any atom is 0.389 e. The van der Waals surface area contributed by atoms with Crippen molar-refractivity contribution in [1.29, 1.82) is 0 Å². The van der Waals surface area contributed by atoms with E-state index in [1.54, 1.807) is 6.92 Å². The van der Waals surface area contributed by atoms with E-state index < -0.39 is 30.7 Å². The van der Waals surface area contributed by atoms with Gasteiger partial charge in [-0.3, -0.25) is 9.78 Å². The average molecular weight is 330 g/mol. The van der Waals surface area contributed by atoms with Crippen molar-refractivity contribution in [2.24, 2.45) is 0 Å². The highest BCUT2D eigenvalue weighted by Gasteiger charge is 2.29. The van der Waals surface area contributed by atoms with Crippen LogP contribution in [0.4, 0.5) is 23.2 Å². The Morgan fingerprint density at radius 1 is 1.35 bits per heavy atom. The summed E-state index contributed by atoms with van der Waals surface area (Å²) in [6.07, 6.45) is -2.36. The van der Waals surface area contributed by atoms with E-state index in [1.165, 1.54) is 30.2 Å². The molecule has 0 radical (unpaired) electrons. The number of carbonyl (C=O) groups excluding carboxylic acids is 1. The summed E-state index contributed by atoms with van der Waals surface area (Å²) in [6.45, 7) is 1.60. The summed E-state index contributed by atoms with van der Waals surface area (Å²) in [5, 5.41) is 4.13. The zero-order chi connectivity index (χ0) is 17.2. The maximum atomic E-state index is 13.2. The van der Waals surface area contributed by atoms with Crippen molar-refractivity contribution in [2.75, 3.05) is 11.9 Å². The number of carbonyl (C=O) groups is 1. The second kappa shape index (κ2) is 6.35. The maximum absolute atomic E-state index is 13.2. The first-order valence-electron chi connectivity index (χ1n) is 6.68. The van der Waals surface area contributed by atoms with Crippen molar-refractivity contribution in [3.63, 3.8) is 0 Å². The Balaban J connectivity index is 2.19. The highest BCUT2D eigenvalue weighted by atomic mass is 19.4. The number of hydrogen-bond acceptors (Lipinski definition) is 3. The second-order valence-corrected chi connectivity index (χ2v) is 4.97. The molecule has 0 aliphatic rings. The highest BCUT2D eigenvalue weighted by Crippen LogP contribution is 2.24. The molecule has 0 spiro atoms. The molecule has 0 aliphatic heterocycles. The molecule has 23 heavy (non-hydrogen) atoms. The van der Waals surface area contributed by atoms with Gasteiger partial charge in [0, 0.05) is 19.5 Å². The van der Waals surface area contributed by atoms with Gasteiger partial charge in [-0.25, -0.2) is 9.07 Å². The van der Waals surface area contributed by atoms with Gasteiger partial charge in [-0.15, -0.1) is 0 Å². The Hall–Kier alpha value is -2.45. The van der Waals surface area contributed by atoms with Gasteiger partial charge in [0.2, 0.25) is 5.91 Å². The van der Waals surface area contributed by atoms with Gasteiger partial charge >= 0.3 is 6.18 Å². The lowest BCUT2D eigenvalue weighted by molar-refractivity contribution is -0.142. The van der Waals surface area contributed by atoms with Crippen LogP contribution in [0.5, 0.6) is 0 Å². The molecule has 1 amide bonds. The third-order valence-corrected chi connectivity index (χ3v) is 3.19. The number of pyridine rings is 1. The lowest BCUT2D eigenvalue weighted by Gasteiger charge is -2.16. The van der Waals surface area contributed by atoms with Gasteiger partial charge in [0.05, 0.1) is 42.1 Å². The molecule has 2 aromatic rings. The third kappa shape index (κ3) is 4.27. The topological polar surface area (TPSA) is 51.0 Å². The summed E-state index contributed by atoms with van der Waals surface area (Å²) in [5.74, 6) is -1.23. The summed E-state index contributed by atoms with van der Waals surface area (Å²) in [4.78, 5) is 16.7. The molecule has 0 N–H and O–H groups in total. The number of hydrogen-bond donors (Lipinski definition) is 0. The number of nitrogens with zero attached hydrogens (tertiary/aromatic N) is 4. The molecule has 0 saturated carbocycles. The number of alkyl halides is 3. The SMILES string of the molecule is Cc1nn(-c2cncc(F)c2)cc1N(C)C(=O)CCC(F)(F)F. The average Bonchev–Trinajstić information content (AvgIpc) is 2.85. The monoisotopic (exact) mass is 330 g/mol. The van der Waals surface area contributed by atoms with Gasteiger partial charge < -0.3 is 4.90 Å². The molecule has 0 bridgehead atoms. The van der Waals surface area contributed by atoms with Crippen molar-refractivity contribution in [2.45, 2.75) is 25.9 Å². The first-order chi connectivity index (χ1) is 10.7. The van der Waals surface area contributed by atoms with Crippen LogP contribution in [0.25, 0.3) is 5.69 Å². The molecular weight excluding hydrogens is 316 g/mol. The fourth-order valence-corrected chi connectivity index (χ4v) is 1.99. The molecule has 0 fully saturated rings. The van der Waals surface area contributed by atoms with Crippen LogP contribution in [0.3, 0.4) is 0 Å². The molecular formula is C14H14F4N4O. The van der Waals surface area contributed by atoms with Gasteiger partial charge in [0.25, 0.3) is 0 Å². The Bertz CT molecular complexity index is 711. The predicted octanol–water partition coefficient (Wildman–Crippen LogP) is 3.02. The van der Waals surface area contributed by atoms with Crippen molar-refractivity contribution in [1.82, 2.24) is 14.8 Å².